The summed E-state index contributed by atoms with van der Waals surface area (Å²) in [5.74, 6) is -2.42. The minimum Gasteiger partial charge on any atom is -0.428 e. The van der Waals surface area contributed by atoms with E-state index in [2.05, 4.69) is 4.74 Å². The van der Waals surface area contributed by atoms with Gasteiger partial charge in [0, 0.05) is 51.2 Å². The highest BCUT2D eigenvalue weighted by molar-refractivity contribution is 5.87. The molecule has 0 aliphatic carbocycles. The third kappa shape index (κ3) is 13.5. The molecule has 0 aromatic carbocycles. The van der Waals surface area contributed by atoms with Crippen LogP contribution in [-0.2, 0) is 47.7 Å². The van der Waals surface area contributed by atoms with Crippen LogP contribution in [0.2, 0.25) is 0 Å². The first-order valence-corrected chi connectivity index (χ1v) is 9.78. The molecule has 0 fully saturated rings. The van der Waals surface area contributed by atoms with E-state index in [0.29, 0.717) is 5.57 Å². The molecule has 0 aromatic heterocycles. The summed E-state index contributed by atoms with van der Waals surface area (Å²) in [6.45, 7) is 11.3. The molecule has 10 heteroatoms. The lowest BCUT2D eigenvalue weighted by Gasteiger charge is -2.11. The van der Waals surface area contributed by atoms with Gasteiger partial charge in [0.15, 0.2) is 0 Å². The minimum atomic E-state index is -0.880. The van der Waals surface area contributed by atoms with Crippen molar-refractivity contribution in [3.8, 4) is 0 Å². The van der Waals surface area contributed by atoms with E-state index in [1.807, 2.05) is 33.8 Å². The molecule has 2 unspecified atom stereocenters. The van der Waals surface area contributed by atoms with Crippen molar-refractivity contribution in [1.29, 1.82) is 0 Å². The molecule has 0 radical (unpaired) electrons. The molecule has 2 heterocycles. The number of hydrogen-bond donors (Lipinski definition) is 0. The van der Waals surface area contributed by atoms with Gasteiger partial charge in [-0.2, -0.15) is 0 Å². The number of carbonyl (C=O) groups is 5. The summed E-state index contributed by atoms with van der Waals surface area (Å²) in [7, 11) is 1.51. The number of ether oxygens (including phenoxy) is 5. The summed E-state index contributed by atoms with van der Waals surface area (Å²) in [4.78, 5) is 52.0. The number of carbonyl (C=O) groups excluding carboxylic acids is 5. The molecule has 0 bridgehead atoms. The third-order valence-corrected chi connectivity index (χ3v) is 3.24. The first-order chi connectivity index (χ1) is 15.2. The number of allylic oxidation sites excluding steroid dienone is 2. The Morgan fingerprint density at radius 2 is 1.12 bits per heavy atom. The monoisotopic (exact) mass is 466 g/mol. The quantitative estimate of drug-likeness (QED) is 0.346. The molecule has 2 aliphatic heterocycles. The zero-order valence-electron chi connectivity index (χ0n) is 20.0. The lowest BCUT2D eigenvalue weighted by molar-refractivity contribution is -0.172. The van der Waals surface area contributed by atoms with Crippen molar-refractivity contribution >= 4 is 29.8 Å². The Balaban J connectivity index is 0.000000492. The van der Waals surface area contributed by atoms with Gasteiger partial charge in [0.05, 0.1) is 0 Å². The van der Waals surface area contributed by atoms with Crippen molar-refractivity contribution in [3.63, 3.8) is 0 Å². The van der Waals surface area contributed by atoms with E-state index in [9.17, 15) is 24.0 Å². The van der Waals surface area contributed by atoms with Gasteiger partial charge in [0.1, 0.15) is 0 Å². The fourth-order valence-corrected chi connectivity index (χ4v) is 2.34. The van der Waals surface area contributed by atoms with Crippen molar-refractivity contribution in [3.05, 3.63) is 46.6 Å². The van der Waals surface area contributed by atoms with Crippen molar-refractivity contribution in [2.75, 3.05) is 7.11 Å². The predicted octanol–water partition coefficient (Wildman–Crippen LogP) is 2.83. The SMILES string of the molecule is CC(=O)OC(C)=O.CC(=O)OC1OC(=O)C=C1C=C(C)C.COC1OC(=O)C=C1C=C(C)C. The fraction of sp³-hybridized carbons (Fsp3) is 0.435. The van der Waals surface area contributed by atoms with E-state index in [4.69, 9.17) is 18.9 Å². The maximum absolute atomic E-state index is 10.9. The van der Waals surface area contributed by atoms with Gasteiger partial charge in [-0.15, -0.1) is 0 Å². The third-order valence-electron chi connectivity index (χ3n) is 3.24. The van der Waals surface area contributed by atoms with Crippen LogP contribution in [0.25, 0.3) is 0 Å². The van der Waals surface area contributed by atoms with E-state index in [0.717, 1.165) is 16.7 Å². The summed E-state index contributed by atoms with van der Waals surface area (Å²) < 4.78 is 23.3. The number of rotatable bonds is 4. The van der Waals surface area contributed by atoms with Gasteiger partial charge in [-0.25, -0.2) is 9.59 Å². The van der Waals surface area contributed by atoms with Crippen LogP contribution in [0.4, 0.5) is 0 Å². The Hall–Kier alpha value is -3.53. The minimum absolute atomic E-state index is 0.339. The fourth-order valence-electron chi connectivity index (χ4n) is 2.34. The first kappa shape index (κ1) is 29.5. The van der Waals surface area contributed by atoms with Gasteiger partial charge >= 0.3 is 29.8 Å². The molecule has 0 saturated carbocycles. The Morgan fingerprint density at radius 3 is 1.42 bits per heavy atom. The van der Waals surface area contributed by atoms with Gasteiger partial charge < -0.3 is 23.7 Å². The molecule has 33 heavy (non-hydrogen) atoms. The molecule has 2 rings (SSSR count). The molecule has 0 saturated heterocycles. The second-order valence-electron chi connectivity index (χ2n) is 7.20. The summed E-state index contributed by atoms with van der Waals surface area (Å²) in [5.41, 5.74) is 3.47. The molecule has 2 aliphatic rings. The molecular weight excluding hydrogens is 436 g/mol. The standard InChI is InChI=1S/C10H12O4.C9H12O3.C4H6O3/c1-6(2)4-8-5-9(12)14-10(8)13-7(3)11;1-6(2)4-7-5-8(10)12-9(7)11-3;1-3(5)7-4(2)6/h4-5,10H,1-3H3;4-5,9H,1-3H3;1-2H3. The topological polar surface area (TPSA) is 132 Å². The zero-order valence-corrected chi connectivity index (χ0v) is 20.0. The van der Waals surface area contributed by atoms with E-state index < -0.39 is 36.5 Å². The van der Waals surface area contributed by atoms with Crippen LogP contribution in [0, 0.1) is 0 Å². The van der Waals surface area contributed by atoms with Crippen LogP contribution < -0.4 is 0 Å². The van der Waals surface area contributed by atoms with Crippen LogP contribution in [-0.4, -0.2) is 49.5 Å². The highest BCUT2D eigenvalue weighted by Crippen LogP contribution is 2.20. The van der Waals surface area contributed by atoms with Crippen molar-refractivity contribution < 1.29 is 47.7 Å². The van der Waals surface area contributed by atoms with Crippen LogP contribution in [0.15, 0.2) is 46.6 Å². The highest BCUT2D eigenvalue weighted by atomic mass is 16.7. The maximum atomic E-state index is 10.9. The highest BCUT2D eigenvalue weighted by Gasteiger charge is 2.27. The normalized spacial score (nSPS) is 17.9. The van der Waals surface area contributed by atoms with E-state index in [1.165, 1.54) is 40.0 Å². The number of esters is 5. The summed E-state index contributed by atoms with van der Waals surface area (Å²) in [6, 6.07) is 0. The van der Waals surface area contributed by atoms with Crippen molar-refractivity contribution in [2.24, 2.45) is 0 Å². The summed E-state index contributed by atoms with van der Waals surface area (Å²) >= 11 is 0. The molecular formula is C23H30O10. The van der Waals surface area contributed by atoms with Gasteiger partial charge in [-0.1, -0.05) is 23.3 Å². The van der Waals surface area contributed by atoms with Crippen LogP contribution in [0.3, 0.4) is 0 Å². The summed E-state index contributed by atoms with van der Waals surface area (Å²) in [5, 5.41) is 0. The molecule has 10 nitrogen and oxygen atoms in total. The van der Waals surface area contributed by atoms with E-state index in [-0.39, 0.29) is 5.97 Å². The molecule has 0 spiro atoms. The van der Waals surface area contributed by atoms with E-state index in [1.54, 1.807) is 6.08 Å². The van der Waals surface area contributed by atoms with Crippen LogP contribution in [0.5, 0.6) is 0 Å². The molecule has 0 N–H and O–H groups in total. The Morgan fingerprint density at radius 1 is 0.727 bits per heavy atom. The van der Waals surface area contributed by atoms with Crippen molar-refractivity contribution in [1.82, 2.24) is 0 Å². The molecule has 182 valence electrons. The van der Waals surface area contributed by atoms with Gasteiger partial charge in [-0.3, -0.25) is 14.4 Å². The lowest BCUT2D eigenvalue weighted by Crippen LogP contribution is -2.18. The smallest absolute Gasteiger partial charge is 0.334 e. The van der Waals surface area contributed by atoms with Gasteiger partial charge in [0.2, 0.25) is 6.29 Å². The van der Waals surface area contributed by atoms with Crippen molar-refractivity contribution in [2.45, 2.75) is 61.0 Å². The molecule has 2 atom stereocenters. The first-order valence-electron chi connectivity index (χ1n) is 9.78. The van der Waals surface area contributed by atoms with E-state index >= 15 is 0 Å². The number of hydrogen-bond acceptors (Lipinski definition) is 10. The van der Waals surface area contributed by atoms with Gasteiger partial charge in [-0.05, 0) is 27.7 Å². The van der Waals surface area contributed by atoms with Crippen LogP contribution >= 0.6 is 0 Å². The summed E-state index contributed by atoms with van der Waals surface area (Å²) in [6.07, 6.45) is 4.99. The number of methoxy groups -OCH3 is 1. The second-order valence-corrected chi connectivity index (χ2v) is 7.20. The molecule has 0 amide bonds. The largest absolute Gasteiger partial charge is 0.428 e. The Bertz CT molecular complexity index is 869. The average Bonchev–Trinajstić information content (AvgIpc) is 3.14. The average molecular weight is 466 g/mol. The maximum Gasteiger partial charge on any atom is 0.334 e. The Labute approximate surface area is 192 Å². The van der Waals surface area contributed by atoms with Gasteiger partial charge in [0.25, 0.3) is 6.29 Å². The Kier molecular flexibility index (Phi) is 13.0. The lowest BCUT2D eigenvalue weighted by atomic mass is 10.2. The number of cyclic esters (lactones) is 2. The molecule has 0 aromatic rings. The predicted molar refractivity (Wildman–Crippen MR) is 116 cm³/mol. The second kappa shape index (κ2) is 14.5. The zero-order chi connectivity index (χ0) is 25.7. The van der Waals surface area contributed by atoms with Crippen LogP contribution in [0.1, 0.15) is 48.5 Å².